The Labute approximate surface area is 176 Å². The van der Waals surface area contributed by atoms with Crippen LogP contribution in [0.3, 0.4) is 0 Å². The second kappa shape index (κ2) is 8.48. The number of carboxylic acids is 1. The van der Waals surface area contributed by atoms with Gasteiger partial charge in [-0.1, -0.05) is 12.1 Å². The molecule has 1 saturated heterocycles. The summed E-state index contributed by atoms with van der Waals surface area (Å²) in [7, 11) is 0. The Bertz CT molecular complexity index is 935. The van der Waals surface area contributed by atoms with Gasteiger partial charge in [0, 0.05) is 37.6 Å². The van der Waals surface area contributed by atoms with Crippen molar-refractivity contribution < 1.29 is 19.4 Å². The summed E-state index contributed by atoms with van der Waals surface area (Å²) in [6, 6.07) is 13.5. The van der Waals surface area contributed by atoms with Crippen LogP contribution in [0.25, 0.3) is 0 Å². The van der Waals surface area contributed by atoms with Gasteiger partial charge in [0.15, 0.2) is 0 Å². The zero-order valence-electron chi connectivity index (χ0n) is 17.4. The highest BCUT2D eigenvalue weighted by Gasteiger charge is 2.33. The maximum absolute atomic E-state index is 12.2. The number of ether oxygens (including phenoxy) is 1. The van der Waals surface area contributed by atoms with E-state index in [4.69, 9.17) is 4.74 Å². The normalized spacial score (nSPS) is 21.7. The summed E-state index contributed by atoms with van der Waals surface area (Å²) < 4.78 is 5.46. The predicted octanol–water partition coefficient (Wildman–Crippen LogP) is 4.58. The Kier molecular flexibility index (Phi) is 5.77. The van der Waals surface area contributed by atoms with Crippen LogP contribution in [0, 0.1) is 0 Å². The maximum Gasteiger partial charge on any atom is 0.335 e. The zero-order valence-corrected chi connectivity index (χ0v) is 17.4. The Morgan fingerprint density at radius 3 is 2.43 bits per heavy atom. The number of nitrogens with one attached hydrogen (secondary N) is 1. The smallest absolute Gasteiger partial charge is 0.335 e. The van der Waals surface area contributed by atoms with Crippen molar-refractivity contribution in [3.05, 3.63) is 59.2 Å². The Morgan fingerprint density at radius 1 is 1.10 bits per heavy atom. The number of carbonyl (C=O) groups is 2. The first-order valence-corrected chi connectivity index (χ1v) is 10.6. The first-order valence-electron chi connectivity index (χ1n) is 10.6. The van der Waals surface area contributed by atoms with Crippen molar-refractivity contribution in [2.45, 2.75) is 51.1 Å². The molecule has 0 aliphatic carbocycles. The van der Waals surface area contributed by atoms with Crippen LogP contribution in [-0.4, -0.2) is 36.2 Å². The summed E-state index contributed by atoms with van der Waals surface area (Å²) in [6.45, 7) is 5.21. The van der Waals surface area contributed by atoms with E-state index in [-0.39, 0.29) is 23.6 Å². The number of aromatic carboxylic acids is 1. The Morgan fingerprint density at radius 2 is 1.80 bits per heavy atom. The molecule has 0 unspecified atom stereocenters. The number of carboxylic acid groups (broad SMARTS) is 1. The molecule has 0 bridgehead atoms. The number of benzene rings is 2. The van der Waals surface area contributed by atoms with Gasteiger partial charge in [-0.25, -0.2) is 4.79 Å². The third-order valence-corrected chi connectivity index (χ3v) is 6.21. The Hall–Kier alpha value is -2.86. The third-order valence-electron chi connectivity index (χ3n) is 6.21. The average Bonchev–Trinajstić information content (AvgIpc) is 2.74. The van der Waals surface area contributed by atoms with Gasteiger partial charge < -0.3 is 20.1 Å². The monoisotopic (exact) mass is 408 g/mol. The van der Waals surface area contributed by atoms with E-state index in [0.29, 0.717) is 12.3 Å². The lowest BCUT2D eigenvalue weighted by atomic mass is 9.89. The van der Waals surface area contributed by atoms with Crippen molar-refractivity contribution in [1.29, 1.82) is 0 Å². The van der Waals surface area contributed by atoms with Gasteiger partial charge in [-0.3, -0.25) is 4.79 Å². The number of carbonyl (C=O) groups excluding carboxylic acids is 1. The number of hydrogen-bond donors (Lipinski definition) is 2. The maximum atomic E-state index is 12.2. The van der Waals surface area contributed by atoms with Gasteiger partial charge >= 0.3 is 5.97 Å². The van der Waals surface area contributed by atoms with Gasteiger partial charge in [0.05, 0.1) is 11.6 Å². The van der Waals surface area contributed by atoms with E-state index >= 15 is 0 Å². The van der Waals surface area contributed by atoms with Crippen molar-refractivity contribution in [1.82, 2.24) is 0 Å². The molecule has 2 aromatic rings. The fourth-order valence-electron chi connectivity index (χ4n) is 4.70. The molecular formula is C24H28N2O4. The molecule has 2 N–H and O–H groups in total. The number of hydrogen-bond acceptors (Lipinski definition) is 4. The topological polar surface area (TPSA) is 78.9 Å². The molecule has 4 rings (SSSR count). The van der Waals surface area contributed by atoms with Crippen LogP contribution in [0.4, 0.5) is 11.4 Å². The van der Waals surface area contributed by atoms with Gasteiger partial charge in [0.1, 0.15) is 0 Å². The third kappa shape index (κ3) is 4.05. The predicted molar refractivity (Wildman–Crippen MR) is 116 cm³/mol. The molecule has 2 aromatic carbocycles. The highest BCUT2D eigenvalue weighted by molar-refractivity contribution is 5.95. The highest BCUT2D eigenvalue weighted by atomic mass is 16.5. The highest BCUT2D eigenvalue weighted by Crippen LogP contribution is 2.40. The van der Waals surface area contributed by atoms with E-state index in [1.165, 1.54) is 5.56 Å². The van der Waals surface area contributed by atoms with Gasteiger partial charge in [0.2, 0.25) is 5.91 Å². The SMILES string of the molecule is CC(=O)N1c2ccc(C(=O)O)cc2[C@H](Nc2ccc(C3CCOCC3)cc2)C[C@@H]1C. The summed E-state index contributed by atoms with van der Waals surface area (Å²) in [6.07, 6.45) is 2.82. The van der Waals surface area contributed by atoms with Crippen LogP contribution in [-0.2, 0) is 9.53 Å². The molecule has 2 aliphatic rings. The van der Waals surface area contributed by atoms with E-state index in [1.807, 2.05) is 6.92 Å². The van der Waals surface area contributed by atoms with Crippen molar-refractivity contribution in [3.8, 4) is 0 Å². The summed E-state index contributed by atoms with van der Waals surface area (Å²) in [5, 5.41) is 13.0. The summed E-state index contributed by atoms with van der Waals surface area (Å²) in [5.74, 6) is -0.457. The standard InChI is InChI=1S/C24H28N2O4/c1-15-13-22(21-14-19(24(28)29)5-8-23(21)26(15)16(2)27)25-20-6-3-17(4-7-20)18-9-11-30-12-10-18/h3-8,14-15,18,22,25H,9-13H2,1-2H3,(H,28,29)/t15-,22+/m0/s1. The fraction of sp³-hybridized carbons (Fsp3) is 0.417. The largest absolute Gasteiger partial charge is 0.478 e. The lowest BCUT2D eigenvalue weighted by Crippen LogP contribution is -2.43. The van der Waals surface area contributed by atoms with E-state index < -0.39 is 5.97 Å². The van der Waals surface area contributed by atoms with Gasteiger partial charge in [-0.2, -0.15) is 0 Å². The minimum Gasteiger partial charge on any atom is -0.478 e. The second-order valence-corrected chi connectivity index (χ2v) is 8.26. The minimum absolute atomic E-state index is 0.0182. The van der Waals surface area contributed by atoms with E-state index in [9.17, 15) is 14.7 Å². The van der Waals surface area contributed by atoms with Crippen LogP contribution >= 0.6 is 0 Å². The van der Waals surface area contributed by atoms with E-state index in [1.54, 1.807) is 30.0 Å². The first-order chi connectivity index (χ1) is 14.4. The van der Waals surface area contributed by atoms with Crippen LogP contribution in [0.2, 0.25) is 0 Å². The molecule has 2 heterocycles. The van der Waals surface area contributed by atoms with Gasteiger partial charge in [-0.05, 0) is 73.6 Å². The van der Waals surface area contributed by atoms with E-state index in [0.717, 1.165) is 43.0 Å². The second-order valence-electron chi connectivity index (χ2n) is 8.26. The first kappa shape index (κ1) is 20.4. The molecule has 2 atom stereocenters. The van der Waals surface area contributed by atoms with Gasteiger partial charge in [0.25, 0.3) is 0 Å². The number of nitrogens with zero attached hydrogens (tertiary/aromatic N) is 1. The molecule has 0 radical (unpaired) electrons. The molecule has 1 fully saturated rings. The minimum atomic E-state index is -0.967. The number of amides is 1. The van der Waals surface area contributed by atoms with Gasteiger partial charge in [-0.15, -0.1) is 0 Å². The lowest BCUT2D eigenvalue weighted by molar-refractivity contribution is -0.117. The fourth-order valence-corrected chi connectivity index (χ4v) is 4.70. The molecule has 30 heavy (non-hydrogen) atoms. The van der Waals surface area contributed by atoms with Crippen molar-refractivity contribution >= 4 is 23.3 Å². The van der Waals surface area contributed by atoms with Crippen LogP contribution in [0.1, 0.15) is 66.6 Å². The molecule has 0 saturated carbocycles. The molecule has 1 amide bonds. The summed E-state index contributed by atoms with van der Waals surface area (Å²) in [4.78, 5) is 25.5. The number of rotatable bonds is 4. The summed E-state index contributed by atoms with van der Waals surface area (Å²) >= 11 is 0. The summed E-state index contributed by atoms with van der Waals surface area (Å²) in [5.41, 5.74) is 4.18. The molecule has 0 spiro atoms. The lowest BCUT2D eigenvalue weighted by Gasteiger charge is -2.39. The zero-order chi connectivity index (χ0) is 21.3. The number of fused-ring (bicyclic) bond motifs is 1. The molecule has 0 aromatic heterocycles. The van der Waals surface area contributed by atoms with Crippen LogP contribution < -0.4 is 10.2 Å². The molecule has 158 valence electrons. The van der Waals surface area contributed by atoms with Crippen molar-refractivity contribution in [2.24, 2.45) is 0 Å². The average molecular weight is 408 g/mol. The Balaban J connectivity index is 1.60. The number of anilines is 2. The van der Waals surface area contributed by atoms with Crippen molar-refractivity contribution in [3.63, 3.8) is 0 Å². The van der Waals surface area contributed by atoms with Crippen molar-refractivity contribution in [2.75, 3.05) is 23.4 Å². The molecule has 6 nitrogen and oxygen atoms in total. The van der Waals surface area contributed by atoms with Crippen LogP contribution in [0.5, 0.6) is 0 Å². The molecule has 6 heteroatoms. The quantitative estimate of drug-likeness (QED) is 0.774. The van der Waals surface area contributed by atoms with Crippen LogP contribution in [0.15, 0.2) is 42.5 Å². The van der Waals surface area contributed by atoms with E-state index in [2.05, 4.69) is 29.6 Å². The molecule has 2 aliphatic heterocycles. The molecular weight excluding hydrogens is 380 g/mol.